The molecule has 3 aromatic rings. The van der Waals surface area contributed by atoms with Gasteiger partial charge in [0.25, 0.3) is 11.8 Å². The normalized spacial score (nSPS) is 16.4. The molecule has 1 unspecified atom stereocenters. The highest BCUT2D eigenvalue weighted by atomic mass is 16.5. The van der Waals surface area contributed by atoms with Gasteiger partial charge in [0.15, 0.2) is 5.82 Å². The third-order valence-electron chi connectivity index (χ3n) is 4.94. The molecule has 1 aliphatic rings. The van der Waals surface area contributed by atoms with Crippen LogP contribution < -0.4 is 14.8 Å². The minimum absolute atomic E-state index is 0.0183. The summed E-state index contributed by atoms with van der Waals surface area (Å²) in [6, 6.07) is 13.0. The maximum absolute atomic E-state index is 12.7. The zero-order valence-corrected chi connectivity index (χ0v) is 16.9. The zero-order valence-electron chi connectivity index (χ0n) is 16.9. The highest BCUT2D eigenvalue weighted by molar-refractivity contribution is 5.96. The van der Waals surface area contributed by atoms with E-state index < -0.39 is 0 Å². The van der Waals surface area contributed by atoms with Crippen LogP contribution in [0.1, 0.15) is 22.6 Å². The molecule has 1 saturated heterocycles. The van der Waals surface area contributed by atoms with Gasteiger partial charge in [0.1, 0.15) is 5.56 Å². The summed E-state index contributed by atoms with van der Waals surface area (Å²) in [5.41, 5.74) is 1.27. The van der Waals surface area contributed by atoms with Gasteiger partial charge in [-0.1, -0.05) is 23.4 Å². The van der Waals surface area contributed by atoms with E-state index in [0.29, 0.717) is 36.2 Å². The van der Waals surface area contributed by atoms with E-state index in [1.807, 2.05) is 30.3 Å². The van der Waals surface area contributed by atoms with Crippen LogP contribution in [0.4, 0.5) is 0 Å². The molecule has 4 rings (SSSR count). The third-order valence-corrected chi connectivity index (χ3v) is 4.94. The largest absolute Gasteiger partial charge is 0.481 e. The molecule has 1 amide bonds. The lowest BCUT2D eigenvalue weighted by Gasteiger charge is -2.16. The number of carbonyl (C=O) groups is 1. The van der Waals surface area contributed by atoms with Crippen molar-refractivity contribution in [2.45, 2.75) is 19.0 Å². The monoisotopic (exact) mass is 409 g/mol. The van der Waals surface area contributed by atoms with E-state index in [1.165, 1.54) is 14.2 Å². The molecule has 1 N–H and O–H groups in total. The minimum Gasteiger partial charge on any atom is -0.481 e. The fourth-order valence-electron chi connectivity index (χ4n) is 3.44. The SMILES string of the molecule is COc1ccc(C(=O)NC2CCN(Cc3noc(-c4ccccc4)n3)C2)c(OC)n1. The molecule has 9 nitrogen and oxygen atoms in total. The average molecular weight is 409 g/mol. The number of rotatable bonds is 7. The quantitative estimate of drug-likeness (QED) is 0.633. The molecular formula is C21H23N5O4. The Morgan fingerprint density at radius 2 is 2.00 bits per heavy atom. The first-order valence-electron chi connectivity index (χ1n) is 9.66. The highest BCUT2D eigenvalue weighted by Gasteiger charge is 2.26. The molecule has 156 valence electrons. The summed E-state index contributed by atoms with van der Waals surface area (Å²) in [7, 11) is 2.99. The fourth-order valence-corrected chi connectivity index (χ4v) is 3.44. The molecule has 1 aliphatic heterocycles. The Kier molecular flexibility index (Phi) is 5.89. The minimum atomic E-state index is -0.222. The summed E-state index contributed by atoms with van der Waals surface area (Å²) in [6.45, 7) is 2.10. The summed E-state index contributed by atoms with van der Waals surface area (Å²) >= 11 is 0. The van der Waals surface area contributed by atoms with Gasteiger partial charge in [0.2, 0.25) is 11.8 Å². The van der Waals surface area contributed by atoms with Gasteiger partial charge >= 0.3 is 0 Å². The van der Waals surface area contributed by atoms with Crippen molar-refractivity contribution in [2.24, 2.45) is 0 Å². The zero-order chi connectivity index (χ0) is 20.9. The number of carbonyl (C=O) groups excluding carboxylic acids is 1. The number of hydrogen-bond donors (Lipinski definition) is 1. The molecule has 1 fully saturated rings. The lowest BCUT2D eigenvalue weighted by atomic mass is 10.2. The lowest BCUT2D eigenvalue weighted by molar-refractivity contribution is 0.0933. The molecule has 3 heterocycles. The average Bonchev–Trinajstić information content (AvgIpc) is 3.43. The summed E-state index contributed by atoms with van der Waals surface area (Å²) in [4.78, 5) is 23.5. The van der Waals surface area contributed by atoms with Crippen molar-refractivity contribution in [1.29, 1.82) is 0 Å². The molecule has 0 saturated carbocycles. The van der Waals surface area contributed by atoms with Crippen LogP contribution in [0.15, 0.2) is 47.0 Å². The number of nitrogens with one attached hydrogen (secondary N) is 1. The summed E-state index contributed by atoms with van der Waals surface area (Å²) in [5, 5.41) is 7.13. The van der Waals surface area contributed by atoms with Crippen LogP contribution >= 0.6 is 0 Å². The van der Waals surface area contributed by atoms with Gasteiger partial charge < -0.3 is 19.3 Å². The van der Waals surface area contributed by atoms with Crippen LogP contribution in [-0.4, -0.2) is 59.3 Å². The predicted octanol–water partition coefficient (Wildman–Crippen LogP) is 2.15. The van der Waals surface area contributed by atoms with Gasteiger partial charge in [-0.15, -0.1) is 0 Å². The van der Waals surface area contributed by atoms with Gasteiger partial charge in [0, 0.05) is 30.8 Å². The number of aromatic nitrogens is 3. The van der Waals surface area contributed by atoms with E-state index in [4.69, 9.17) is 14.0 Å². The Morgan fingerprint density at radius 3 is 2.77 bits per heavy atom. The highest BCUT2D eigenvalue weighted by Crippen LogP contribution is 2.21. The molecule has 1 aromatic carbocycles. The van der Waals surface area contributed by atoms with Crippen LogP contribution in [0.25, 0.3) is 11.5 Å². The summed E-state index contributed by atoms with van der Waals surface area (Å²) in [6.07, 6.45) is 0.834. The number of nitrogens with zero attached hydrogens (tertiary/aromatic N) is 4. The van der Waals surface area contributed by atoms with Crippen molar-refractivity contribution in [3.63, 3.8) is 0 Å². The number of benzene rings is 1. The van der Waals surface area contributed by atoms with Crippen molar-refractivity contribution < 1.29 is 18.8 Å². The molecule has 30 heavy (non-hydrogen) atoms. The Hall–Kier alpha value is -3.46. The number of pyridine rings is 1. The Balaban J connectivity index is 1.34. The second-order valence-electron chi connectivity index (χ2n) is 6.99. The van der Waals surface area contributed by atoms with Crippen LogP contribution in [0.2, 0.25) is 0 Å². The predicted molar refractivity (Wildman–Crippen MR) is 108 cm³/mol. The number of amides is 1. The molecule has 2 aromatic heterocycles. The van der Waals surface area contributed by atoms with E-state index in [0.717, 1.165) is 18.5 Å². The standard InChI is InChI=1S/C21H23N5O4/c1-28-18-9-8-16(21(24-18)29-2)19(27)22-15-10-11-26(12-15)13-17-23-20(30-25-17)14-6-4-3-5-7-14/h3-9,15H,10-13H2,1-2H3,(H,22,27). The van der Waals surface area contributed by atoms with E-state index in [2.05, 4.69) is 25.3 Å². The van der Waals surface area contributed by atoms with E-state index in [1.54, 1.807) is 12.1 Å². The number of methoxy groups -OCH3 is 2. The maximum atomic E-state index is 12.7. The van der Waals surface area contributed by atoms with E-state index in [9.17, 15) is 4.79 Å². The molecule has 0 radical (unpaired) electrons. The van der Waals surface area contributed by atoms with E-state index >= 15 is 0 Å². The van der Waals surface area contributed by atoms with Crippen LogP contribution in [-0.2, 0) is 6.54 Å². The first-order chi connectivity index (χ1) is 14.7. The van der Waals surface area contributed by atoms with Crippen LogP contribution in [0.3, 0.4) is 0 Å². The number of likely N-dealkylation sites (tertiary alicyclic amines) is 1. The first kappa shape index (κ1) is 19.8. The van der Waals surface area contributed by atoms with Crippen molar-refractivity contribution >= 4 is 5.91 Å². The maximum Gasteiger partial charge on any atom is 0.257 e. The third kappa shape index (κ3) is 4.41. The Morgan fingerprint density at radius 1 is 1.17 bits per heavy atom. The van der Waals surface area contributed by atoms with Gasteiger partial charge in [-0.2, -0.15) is 9.97 Å². The van der Waals surface area contributed by atoms with Crippen molar-refractivity contribution in [1.82, 2.24) is 25.3 Å². The van der Waals surface area contributed by atoms with Crippen molar-refractivity contribution in [3.05, 3.63) is 53.9 Å². The summed E-state index contributed by atoms with van der Waals surface area (Å²) in [5.74, 6) is 1.54. The van der Waals surface area contributed by atoms with Crippen LogP contribution in [0, 0.1) is 0 Å². The second-order valence-corrected chi connectivity index (χ2v) is 6.99. The van der Waals surface area contributed by atoms with Gasteiger partial charge in [0.05, 0.1) is 20.8 Å². The molecule has 0 bridgehead atoms. The molecule has 0 aliphatic carbocycles. The molecule has 9 heteroatoms. The molecule has 1 atom stereocenters. The Labute approximate surface area is 174 Å². The topological polar surface area (TPSA) is 103 Å². The van der Waals surface area contributed by atoms with E-state index in [-0.39, 0.29) is 17.8 Å². The van der Waals surface area contributed by atoms with Gasteiger partial charge in [-0.25, -0.2) is 0 Å². The second kappa shape index (κ2) is 8.91. The van der Waals surface area contributed by atoms with Gasteiger partial charge in [-0.3, -0.25) is 9.69 Å². The fraction of sp³-hybridized carbons (Fsp3) is 0.333. The van der Waals surface area contributed by atoms with Crippen molar-refractivity contribution in [3.8, 4) is 23.2 Å². The molecular weight excluding hydrogens is 386 g/mol. The lowest BCUT2D eigenvalue weighted by Crippen LogP contribution is -2.37. The summed E-state index contributed by atoms with van der Waals surface area (Å²) < 4.78 is 15.7. The first-order valence-corrected chi connectivity index (χ1v) is 9.66. The molecule has 0 spiro atoms. The number of ether oxygens (including phenoxy) is 2. The Bertz CT molecular complexity index is 1010. The van der Waals surface area contributed by atoms with Gasteiger partial charge in [-0.05, 0) is 24.6 Å². The smallest absolute Gasteiger partial charge is 0.257 e. The van der Waals surface area contributed by atoms with Crippen LogP contribution in [0.5, 0.6) is 11.8 Å². The van der Waals surface area contributed by atoms with Crippen molar-refractivity contribution in [2.75, 3.05) is 27.3 Å². The number of hydrogen-bond acceptors (Lipinski definition) is 8.